The monoisotopic (exact) mass is 462 g/mol. The van der Waals surface area contributed by atoms with E-state index in [2.05, 4.69) is 5.32 Å². The van der Waals surface area contributed by atoms with Gasteiger partial charge in [0.15, 0.2) is 0 Å². The number of carbonyl (C=O) groups excluding carboxylic acids is 1. The van der Waals surface area contributed by atoms with Gasteiger partial charge in [-0.3, -0.25) is 4.79 Å². The van der Waals surface area contributed by atoms with E-state index in [1.807, 2.05) is 31.2 Å². The fraction of sp³-hybridized carbons (Fsp3) is 0.435. The van der Waals surface area contributed by atoms with Crippen LogP contribution in [0.2, 0.25) is 0 Å². The smallest absolute Gasteiger partial charge is 0.246 e. The number of benzene rings is 2. The van der Waals surface area contributed by atoms with E-state index in [0.717, 1.165) is 11.3 Å². The zero-order valence-corrected chi connectivity index (χ0v) is 19.6. The lowest BCUT2D eigenvalue weighted by atomic mass is 9.96. The van der Waals surface area contributed by atoms with E-state index < -0.39 is 10.0 Å². The first-order chi connectivity index (χ1) is 15.3. The van der Waals surface area contributed by atoms with Gasteiger partial charge >= 0.3 is 0 Å². The van der Waals surface area contributed by atoms with Gasteiger partial charge in [0.05, 0.1) is 27.4 Å². The molecule has 1 atom stereocenters. The minimum atomic E-state index is -3.77. The Hall–Kier alpha value is -2.78. The van der Waals surface area contributed by atoms with E-state index in [1.54, 1.807) is 19.2 Å². The van der Waals surface area contributed by atoms with Crippen molar-refractivity contribution in [3.05, 3.63) is 48.0 Å². The molecule has 0 spiro atoms. The van der Waals surface area contributed by atoms with Crippen molar-refractivity contribution >= 4 is 15.9 Å². The van der Waals surface area contributed by atoms with Crippen LogP contribution in [0.1, 0.15) is 31.4 Å². The van der Waals surface area contributed by atoms with Crippen molar-refractivity contribution in [2.75, 3.05) is 34.4 Å². The number of piperidine rings is 1. The van der Waals surface area contributed by atoms with Crippen molar-refractivity contribution in [2.24, 2.45) is 5.92 Å². The highest BCUT2D eigenvalue weighted by Gasteiger charge is 2.34. The molecule has 1 aliphatic heterocycles. The molecule has 1 fully saturated rings. The van der Waals surface area contributed by atoms with Gasteiger partial charge < -0.3 is 19.5 Å². The SMILES string of the molecule is COc1ccc(C(C)NC(=O)C2CCN(S(=O)(=O)c3cc(OC)ccc3OC)CC2)cc1. The van der Waals surface area contributed by atoms with Crippen molar-refractivity contribution < 1.29 is 27.4 Å². The van der Waals surface area contributed by atoms with Crippen LogP contribution in [0.5, 0.6) is 17.2 Å². The molecule has 2 aromatic carbocycles. The van der Waals surface area contributed by atoms with E-state index in [-0.39, 0.29) is 41.6 Å². The number of hydrogen-bond acceptors (Lipinski definition) is 6. The average molecular weight is 463 g/mol. The number of ether oxygens (including phenoxy) is 3. The van der Waals surface area contributed by atoms with Crippen LogP contribution in [0.15, 0.2) is 47.4 Å². The minimum Gasteiger partial charge on any atom is -0.497 e. The summed E-state index contributed by atoms with van der Waals surface area (Å²) in [6.07, 6.45) is 0.902. The number of nitrogens with zero attached hydrogens (tertiary/aromatic N) is 1. The molecule has 1 heterocycles. The molecule has 0 aliphatic carbocycles. The quantitative estimate of drug-likeness (QED) is 0.648. The van der Waals surface area contributed by atoms with Gasteiger partial charge in [0.2, 0.25) is 15.9 Å². The summed E-state index contributed by atoms with van der Waals surface area (Å²) in [6.45, 7) is 2.45. The molecule has 1 amide bonds. The maximum Gasteiger partial charge on any atom is 0.246 e. The number of methoxy groups -OCH3 is 3. The van der Waals surface area contributed by atoms with Gasteiger partial charge in [0.25, 0.3) is 0 Å². The molecule has 1 N–H and O–H groups in total. The van der Waals surface area contributed by atoms with E-state index in [1.165, 1.54) is 24.6 Å². The second-order valence-electron chi connectivity index (χ2n) is 7.70. The van der Waals surface area contributed by atoms with Crippen molar-refractivity contribution in [1.82, 2.24) is 9.62 Å². The lowest BCUT2D eigenvalue weighted by molar-refractivity contribution is -0.126. The molecule has 0 bridgehead atoms. The molecule has 0 radical (unpaired) electrons. The third-order valence-electron chi connectivity index (χ3n) is 5.79. The topological polar surface area (TPSA) is 94.2 Å². The van der Waals surface area contributed by atoms with Gasteiger partial charge in [-0.1, -0.05) is 12.1 Å². The molecule has 1 aliphatic rings. The zero-order valence-electron chi connectivity index (χ0n) is 18.8. The predicted octanol–water partition coefficient (Wildman–Crippen LogP) is 2.99. The number of nitrogens with one attached hydrogen (secondary N) is 1. The second-order valence-corrected chi connectivity index (χ2v) is 9.60. The van der Waals surface area contributed by atoms with Gasteiger partial charge in [-0.2, -0.15) is 4.31 Å². The van der Waals surface area contributed by atoms with Gasteiger partial charge in [0, 0.05) is 25.1 Å². The summed E-state index contributed by atoms with van der Waals surface area (Å²) in [5, 5.41) is 3.04. The molecule has 1 saturated heterocycles. The van der Waals surface area contributed by atoms with Crippen LogP contribution in [0.25, 0.3) is 0 Å². The summed E-state index contributed by atoms with van der Waals surface area (Å²) in [6, 6.07) is 12.1. The lowest BCUT2D eigenvalue weighted by Crippen LogP contribution is -2.43. The maximum atomic E-state index is 13.2. The number of rotatable bonds is 8. The summed E-state index contributed by atoms with van der Waals surface area (Å²) < 4.78 is 43.4. The van der Waals surface area contributed by atoms with Crippen LogP contribution in [-0.2, 0) is 14.8 Å². The van der Waals surface area contributed by atoms with Gasteiger partial charge in [-0.15, -0.1) is 0 Å². The van der Waals surface area contributed by atoms with Crippen molar-refractivity contribution in [3.8, 4) is 17.2 Å². The standard InChI is InChI=1S/C23H30N2O6S/c1-16(17-5-7-19(29-2)8-6-17)24-23(26)18-11-13-25(14-12-18)32(27,28)22-15-20(30-3)9-10-21(22)31-4/h5-10,15-16,18H,11-14H2,1-4H3,(H,24,26). The largest absolute Gasteiger partial charge is 0.497 e. The summed E-state index contributed by atoms with van der Waals surface area (Å²) in [7, 11) is 0.747. The Morgan fingerprint density at radius 2 is 1.56 bits per heavy atom. The average Bonchev–Trinajstić information content (AvgIpc) is 2.83. The Labute approximate surface area is 189 Å². The third-order valence-corrected chi connectivity index (χ3v) is 7.71. The molecular weight excluding hydrogens is 432 g/mol. The highest BCUT2D eigenvalue weighted by molar-refractivity contribution is 7.89. The molecule has 0 saturated carbocycles. The van der Waals surface area contributed by atoms with Crippen LogP contribution in [0.3, 0.4) is 0 Å². The van der Waals surface area contributed by atoms with Gasteiger partial charge in [-0.25, -0.2) is 8.42 Å². The van der Waals surface area contributed by atoms with Crippen LogP contribution < -0.4 is 19.5 Å². The Morgan fingerprint density at radius 1 is 0.969 bits per heavy atom. The highest BCUT2D eigenvalue weighted by atomic mass is 32.2. The molecule has 174 valence electrons. The number of hydrogen-bond donors (Lipinski definition) is 1. The van der Waals surface area contributed by atoms with Gasteiger partial charge in [0.1, 0.15) is 22.1 Å². The Bertz CT molecular complexity index is 1030. The van der Waals surface area contributed by atoms with Crippen molar-refractivity contribution in [1.29, 1.82) is 0 Å². The summed E-state index contributed by atoms with van der Waals surface area (Å²) in [4.78, 5) is 12.8. The van der Waals surface area contributed by atoms with Crippen LogP contribution in [0, 0.1) is 5.92 Å². The van der Waals surface area contributed by atoms with E-state index >= 15 is 0 Å². The summed E-state index contributed by atoms with van der Waals surface area (Å²) >= 11 is 0. The highest BCUT2D eigenvalue weighted by Crippen LogP contribution is 2.32. The van der Waals surface area contributed by atoms with E-state index in [0.29, 0.717) is 18.6 Å². The second kappa shape index (κ2) is 10.2. The lowest BCUT2D eigenvalue weighted by Gasteiger charge is -2.31. The Morgan fingerprint density at radius 3 is 2.12 bits per heavy atom. The minimum absolute atomic E-state index is 0.0652. The fourth-order valence-electron chi connectivity index (χ4n) is 3.79. The molecule has 1 unspecified atom stereocenters. The molecule has 3 rings (SSSR count). The first-order valence-corrected chi connectivity index (χ1v) is 11.9. The summed E-state index contributed by atoms with van der Waals surface area (Å²) in [5.74, 6) is 1.15. The van der Waals surface area contributed by atoms with Crippen LogP contribution in [-0.4, -0.2) is 53.0 Å². The normalized spacial score (nSPS) is 16.2. The molecule has 2 aromatic rings. The summed E-state index contributed by atoms with van der Waals surface area (Å²) in [5.41, 5.74) is 0.976. The molecule has 9 heteroatoms. The van der Waals surface area contributed by atoms with Crippen LogP contribution >= 0.6 is 0 Å². The van der Waals surface area contributed by atoms with Crippen molar-refractivity contribution in [2.45, 2.75) is 30.7 Å². The number of amides is 1. The molecule has 32 heavy (non-hydrogen) atoms. The van der Waals surface area contributed by atoms with E-state index in [4.69, 9.17) is 14.2 Å². The third kappa shape index (κ3) is 5.16. The molecule has 0 aromatic heterocycles. The molecular formula is C23H30N2O6S. The van der Waals surface area contributed by atoms with Crippen molar-refractivity contribution in [3.63, 3.8) is 0 Å². The maximum absolute atomic E-state index is 13.2. The Balaban J connectivity index is 1.63. The number of carbonyl (C=O) groups is 1. The first kappa shape index (κ1) is 23.9. The Kier molecular flexibility index (Phi) is 7.63. The number of sulfonamides is 1. The first-order valence-electron chi connectivity index (χ1n) is 10.5. The van der Waals surface area contributed by atoms with Gasteiger partial charge in [-0.05, 0) is 49.6 Å². The van der Waals surface area contributed by atoms with Crippen LogP contribution in [0.4, 0.5) is 0 Å². The fourth-order valence-corrected chi connectivity index (χ4v) is 5.43. The predicted molar refractivity (Wildman–Crippen MR) is 121 cm³/mol. The van der Waals surface area contributed by atoms with E-state index in [9.17, 15) is 13.2 Å². The molecule has 8 nitrogen and oxygen atoms in total. The zero-order chi connectivity index (χ0) is 23.3.